The Morgan fingerprint density at radius 2 is 1.82 bits per heavy atom. The van der Waals surface area contributed by atoms with Gasteiger partial charge in [-0.25, -0.2) is 4.39 Å². The van der Waals surface area contributed by atoms with Gasteiger partial charge in [-0.3, -0.25) is 14.6 Å². The molecule has 1 aliphatic rings. The Kier molecular flexibility index (Phi) is 3.94. The SMILES string of the molecule is CN1CC(c2ccc(Sc3ccc(F)cc3)cn2)C(=O)C1=O. The Balaban J connectivity index is 1.74. The molecule has 0 bridgehead atoms. The minimum atomic E-state index is -0.484. The van der Waals surface area contributed by atoms with E-state index in [0.717, 1.165) is 9.79 Å². The van der Waals surface area contributed by atoms with Crippen LogP contribution in [0.1, 0.15) is 11.6 Å². The van der Waals surface area contributed by atoms with Crippen molar-refractivity contribution in [3.63, 3.8) is 0 Å². The molecule has 1 saturated heterocycles. The number of nitrogens with zero attached hydrogens (tertiary/aromatic N) is 2. The Morgan fingerprint density at radius 3 is 2.36 bits per heavy atom. The van der Waals surface area contributed by atoms with Crippen LogP contribution in [0.2, 0.25) is 0 Å². The molecule has 0 aliphatic carbocycles. The van der Waals surface area contributed by atoms with E-state index in [0.29, 0.717) is 12.2 Å². The topological polar surface area (TPSA) is 50.3 Å². The number of hydrogen-bond acceptors (Lipinski definition) is 4. The molecule has 1 atom stereocenters. The minimum Gasteiger partial charge on any atom is -0.338 e. The van der Waals surface area contributed by atoms with Crippen LogP contribution < -0.4 is 0 Å². The fourth-order valence-corrected chi connectivity index (χ4v) is 3.09. The van der Waals surface area contributed by atoms with Gasteiger partial charge in [-0.05, 0) is 36.4 Å². The molecule has 0 radical (unpaired) electrons. The number of hydrogen-bond donors (Lipinski definition) is 0. The van der Waals surface area contributed by atoms with Crippen LogP contribution in [-0.2, 0) is 9.59 Å². The predicted octanol–water partition coefficient (Wildman–Crippen LogP) is 2.50. The Bertz CT molecular complexity index is 716. The molecule has 1 unspecified atom stereocenters. The zero-order valence-electron chi connectivity index (χ0n) is 11.8. The van der Waals surface area contributed by atoms with Gasteiger partial charge in [0.1, 0.15) is 5.82 Å². The third-order valence-electron chi connectivity index (χ3n) is 3.50. The van der Waals surface area contributed by atoms with Gasteiger partial charge >= 0.3 is 0 Å². The maximum Gasteiger partial charge on any atom is 0.290 e. The summed E-state index contributed by atoms with van der Waals surface area (Å²) < 4.78 is 12.9. The van der Waals surface area contributed by atoms with Gasteiger partial charge in [0.05, 0.1) is 11.6 Å². The highest BCUT2D eigenvalue weighted by Gasteiger charge is 2.38. The zero-order valence-corrected chi connectivity index (χ0v) is 12.6. The molecule has 1 fully saturated rings. The summed E-state index contributed by atoms with van der Waals surface area (Å²) in [6.45, 7) is 0.370. The molecular formula is C16H13FN2O2S. The number of Topliss-reactive ketones (excluding diaryl/α,β-unsaturated/α-hetero) is 1. The average molecular weight is 316 g/mol. The number of aromatic nitrogens is 1. The fraction of sp³-hybridized carbons (Fsp3) is 0.188. The van der Waals surface area contributed by atoms with Crippen LogP contribution in [0, 0.1) is 5.82 Å². The lowest BCUT2D eigenvalue weighted by Crippen LogP contribution is -2.22. The van der Waals surface area contributed by atoms with E-state index in [9.17, 15) is 14.0 Å². The number of likely N-dealkylation sites (N-methyl/N-ethyl adjacent to an activating group) is 1. The van der Waals surface area contributed by atoms with Crippen LogP contribution in [0.5, 0.6) is 0 Å². The van der Waals surface area contributed by atoms with Crippen molar-refractivity contribution in [2.45, 2.75) is 15.7 Å². The number of ketones is 1. The summed E-state index contributed by atoms with van der Waals surface area (Å²) in [5.74, 6) is -1.63. The molecule has 1 aliphatic heterocycles. The van der Waals surface area contributed by atoms with Crippen molar-refractivity contribution in [1.82, 2.24) is 9.88 Å². The number of carbonyl (C=O) groups excluding carboxylic acids is 2. The first-order chi connectivity index (χ1) is 10.5. The quantitative estimate of drug-likeness (QED) is 0.817. The number of carbonyl (C=O) groups is 2. The number of amides is 1. The van der Waals surface area contributed by atoms with Crippen molar-refractivity contribution in [3.05, 3.63) is 54.1 Å². The number of halogens is 1. The van der Waals surface area contributed by atoms with Crippen molar-refractivity contribution in [3.8, 4) is 0 Å². The lowest BCUT2D eigenvalue weighted by atomic mass is 10.0. The lowest BCUT2D eigenvalue weighted by molar-refractivity contribution is -0.139. The maximum absolute atomic E-state index is 12.9. The highest BCUT2D eigenvalue weighted by molar-refractivity contribution is 7.99. The smallest absolute Gasteiger partial charge is 0.290 e. The second kappa shape index (κ2) is 5.88. The Hall–Kier alpha value is -2.21. The van der Waals surface area contributed by atoms with Crippen LogP contribution in [0.25, 0.3) is 0 Å². The van der Waals surface area contributed by atoms with E-state index >= 15 is 0 Å². The molecule has 4 nitrogen and oxygen atoms in total. The summed E-state index contributed by atoms with van der Waals surface area (Å²) in [4.78, 5) is 30.9. The summed E-state index contributed by atoms with van der Waals surface area (Å²) >= 11 is 1.46. The van der Waals surface area contributed by atoms with E-state index in [1.165, 1.54) is 28.8 Å². The molecule has 0 spiro atoms. The van der Waals surface area contributed by atoms with Gasteiger partial charge in [-0.2, -0.15) is 0 Å². The first-order valence-corrected chi connectivity index (χ1v) is 7.55. The van der Waals surface area contributed by atoms with E-state index in [-0.39, 0.29) is 5.82 Å². The molecule has 1 aromatic carbocycles. The minimum absolute atomic E-state index is 0.272. The first-order valence-electron chi connectivity index (χ1n) is 6.73. The summed E-state index contributed by atoms with van der Waals surface area (Å²) in [5, 5.41) is 0. The highest BCUT2D eigenvalue weighted by atomic mass is 32.2. The van der Waals surface area contributed by atoms with Crippen LogP contribution >= 0.6 is 11.8 Å². The number of pyridine rings is 1. The molecule has 22 heavy (non-hydrogen) atoms. The summed E-state index contributed by atoms with van der Waals surface area (Å²) in [6.07, 6.45) is 1.67. The molecular weight excluding hydrogens is 303 g/mol. The highest BCUT2D eigenvalue weighted by Crippen LogP contribution is 2.29. The third-order valence-corrected chi connectivity index (χ3v) is 4.48. The second-order valence-corrected chi connectivity index (χ2v) is 6.22. The van der Waals surface area contributed by atoms with Gasteiger partial charge < -0.3 is 4.90 Å². The van der Waals surface area contributed by atoms with Gasteiger partial charge in [-0.1, -0.05) is 11.8 Å². The van der Waals surface area contributed by atoms with E-state index in [4.69, 9.17) is 0 Å². The van der Waals surface area contributed by atoms with Gasteiger partial charge in [0.15, 0.2) is 0 Å². The third kappa shape index (κ3) is 2.87. The zero-order chi connectivity index (χ0) is 15.7. The van der Waals surface area contributed by atoms with Crippen molar-refractivity contribution in [1.29, 1.82) is 0 Å². The number of likely N-dealkylation sites (tertiary alicyclic amines) is 1. The van der Waals surface area contributed by atoms with Crippen molar-refractivity contribution in [2.75, 3.05) is 13.6 Å². The summed E-state index contributed by atoms with van der Waals surface area (Å²) in [5.41, 5.74) is 0.603. The monoisotopic (exact) mass is 316 g/mol. The Labute approximate surface area is 131 Å². The van der Waals surface area contributed by atoms with E-state index < -0.39 is 17.6 Å². The van der Waals surface area contributed by atoms with Crippen LogP contribution in [0.3, 0.4) is 0 Å². The molecule has 0 saturated carbocycles. The van der Waals surface area contributed by atoms with Crippen LogP contribution in [0.4, 0.5) is 4.39 Å². The average Bonchev–Trinajstić information content (AvgIpc) is 2.78. The summed E-state index contributed by atoms with van der Waals surface area (Å²) in [7, 11) is 1.61. The van der Waals surface area contributed by atoms with E-state index in [1.807, 2.05) is 6.07 Å². The maximum atomic E-state index is 12.9. The van der Waals surface area contributed by atoms with Crippen molar-refractivity contribution < 1.29 is 14.0 Å². The van der Waals surface area contributed by atoms with E-state index in [2.05, 4.69) is 4.98 Å². The molecule has 1 amide bonds. The molecule has 1 aromatic heterocycles. The van der Waals surface area contributed by atoms with Crippen molar-refractivity contribution in [2.24, 2.45) is 0 Å². The largest absolute Gasteiger partial charge is 0.338 e. The summed E-state index contributed by atoms with van der Waals surface area (Å²) in [6, 6.07) is 9.82. The molecule has 2 aromatic rings. The van der Waals surface area contributed by atoms with Crippen molar-refractivity contribution >= 4 is 23.5 Å². The van der Waals surface area contributed by atoms with Crippen LogP contribution in [-0.4, -0.2) is 35.2 Å². The van der Waals surface area contributed by atoms with Gasteiger partial charge in [0.2, 0.25) is 5.78 Å². The number of benzene rings is 1. The molecule has 2 heterocycles. The fourth-order valence-electron chi connectivity index (χ4n) is 2.30. The number of rotatable bonds is 3. The standard InChI is InChI=1S/C16H13FN2O2S/c1-19-9-13(15(20)16(19)21)14-7-6-12(8-18-14)22-11-4-2-10(17)3-5-11/h2-8,13H,9H2,1H3. The molecule has 112 valence electrons. The van der Waals surface area contributed by atoms with Gasteiger partial charge in [0.25, 0.3) is 5.91 Å². The molecule has 0 N–H and O–H groups in total. The first kappa shape index (κ1) is 14.7. The van der Waals surface area contributed by atoms with E-state index in [1.54, 1.807) is 31.4 Å². The van der Waals surface area contributed by atoms with Crippen LogP contribution in [0.15, 0.2) is 52.4 Å². The normalized spacial score (nSPS) is 18.1. The molecule has 6 heteroatoms. The molecule has 3 rings (SSSR count). The Morgan fingerprint density at radius 1 is 1.14 bits per heavy atom. The lowest BCUT2D eigenvalue weighted by Gasteiger charge is -2.08. The second-order valence-electron chi connectivity index (χ2n) is 5.08. The van der Waals surface area contributed by atoms with Gasteiger partial charge in [0, 0.05) is 29.6 Å². The predicted molar refractivity (Wildman–Crippen MR) is 80.1 cm³/mol. The van der Waals surface area contributed by atoms with Gasteiger partial charge in [-0.15, -0.1) is 0 Å².